The normalized spacial score (nSPS) is 12.7. The van der Waals surface area contributed by atoms with E-state index >= 15 is 0 Å². The van der Waals surface area contributed by atoms with Crippen LogP contribution in [0.15, 0.2) is 0 Å². The maximum absolute atomic E-state index is 12.3. The predicted molar refractivity (Wildman–Crippen MR) is 311 cm³/mol. The highest BCUT2D eigenvalue weighted by Crippen LogP contribution is 2.20. The van der Waals surface area contributed by atoms with Crippen LogP contribution in [0.4, 0.5) is 4.79 Å². The van der Waals surface area contributed by atoms with Gasteiger partial charge in [-0.3, -0.25) is 28.8 Å². The maximum Gasteiger partial charge on any atom is 0.410 e. The molecule has 2 unspecified atom stereocenters. The van der Waals surface area contributed by atoms with Crippen molar-refractivity contribution < 1.29 is 67.1 Å². The van der Waals surface area contributed by atoms with E-state index in [0.29, 0.717) is 39.3 Å². The van der Waals surface area contributed by atoms with Crippen LogP contribution in [-0.2, 0) is 57.2 Å². The van der Waals surface area contributed by atoms with Gasteiger partial charge in [0.05, 0.1) is 45.5 Å². The number of esters is 4. The number of carboxylic acids is 1. The summed E-state index contributed by atoms with van der Waals surface area (Å²) in [5.74, 6) is -3.77. The van der Waals surface area contributed by atoms with E-state index in [-0.39, 0.29) is 63.6 Å². The van der Waals surface area contributed by atoms with Gasteiger partial charge in [-0.05, 0) is 44.4 Å². The molecule has 456 valence electrons. The zero-order chi connectivity index (χ0) is 58.4. The van der Waals surface area contributed by atoms with Gasteiger partial charge < -0.3 is 38.4 Å². The van der Waals surface area contributed by atoms with E-state index in [1.54, 1.807) is 4.90 Å². The number of carbonyl (C=O) groups excluding carboxylic acids is 6. The average Bonchev–Trinajstić information content (AvgIpc) is 3.90. The Morgan fingerprint density at radius 2 is 0.870 bits per heavy atom. The van der Waals surface area contributed by atoms with Crippen LogP contribution in [0.1, 0.15) is 294 Å². The molecular formula is C62H119NO14. The number of amides is 1. The molecule has 1 rings (SSSR count). The molecule has 1 amide bonds. The van der Waals surface area contributed by atoms with Gasteiger partial charge in [-0.1, -0.05) is 223 Å². The lowest BCUT2D eigenvalue weighted by Gasteiger charge is -2.24. The van der Waals surface area contributed by atoms with E-state index in [4.69, 9.17) is 33.5 Å². The lowest BCUT2D eigenvalue weighted by Crippen LogP contribution is -2.39. The van der Waals surface area contributed by atoms with Crippen LogP contribution in [0, 0.1) is 11.8 Å². The van der Waals surface area contributed by atoms with Crippen molar-refractivity contribution in [1.29, 1.82) is 0 Å². The second-order valence-corrected chi connectivity index (χ2v) is 20.1. The minimum absolute atomic E-state index is 0.0174. The van der Waals surface area contributed by atoms with Gasteiger partial charge in [-0.2, -0.15) is 0 Å². The molecule has 1 fully saturated rings. The molecule has 1 N–H and O–H groups in total. The number of aliphatic carboxylic acids is 1. The molecule has 0 aromatic heterocycles. The summed E-state index contributed by atoms with van der Waals surface area (Å²) >= 11 is 0. The number of carbonyl (C=O) groups is 7. The topological polar surface area (TPSA) is 198 Å². The van der Waals surface area contributed by atoms with Gasteiger partial charge >= 0.3 is 35.9 Å². The molecule has 77 heavy (non-hydrogen) atoms. The van der Waals surface area contributed by atoms with E-state index < -0.39 is 35.7 Å². The van der Waals surface area contributed by atoms with E-state index in [1.807, 2.05) is 20.8 Å². The van der Waals surface area contributed by atoms with Crippen molar-refractivity contribution in [3.8, 4) is 0 Å². The molecule has 15 nitrogen and oxygen atoms in total. The molecule has 0 aliphatic carbocycles. The first-order valence-corrected chi connectivity index (χ1v) is 31.2. The van der Waals surface area contributed by atoms with Crippen molar-refractivity contribution in [3.05, 3.63) is 0 Å². The Labute approximate surface area is 470 Å². The molecule has 1 aliphatic rings. The summed E-state index contributed by atoms with van der Waals surface area (Å²) in [6.45, 7) is 23.3. The van der Waals surface area contributed by atoms with Crippen LogP contribution in [0.3, 0.4) is 0 Å². The summed E-state index contributed by atoms with van der Waals surface area (Å²) in [6, 6.07) is -0.210. The standard InChI is InChI=1S/C24H41NO8.C23H42O6.C9H20.C4H10.C2H6/c1-3-5-6-7-8-9-12-22(27)32-17-20(16-30-19-26)15-23(28)33-18-21-11-10-13-25(21)24(29)31-14-4-2;1-3-5-7-9-11-13-15-28-22(26)18-20(17-21(24)25)19-23(27)29-16-14-12-10-8-6-4-2;1-3-5-7-9-8-6-4-2;1-3-4-2;1-2/h19-21H,3-18H2,1-2H3;20H,3-19H2,1-2H3,(H,24,25);3-9H2,1-2H3;3-4H2,1-2H3;1-2H3. The van der Waals surface area contributed by atoms with Crippen LogP contribution >= 0.6 is 0 Å². The molecule has 1 heterocycles. The van der Waals surface area contributed by atoms with E-state index in [0.717, 1.165) is 77.0 Å². The molecule has 1 saturated heterocycles. The third-order valence-corrected chi connectivity index (χ3v) is 12.7. The van der Waals surface area contributed by atoms with E-state index in [2.05, 4.69) is 48.5 Å². The Bertz CT molecular complexity index is 1310. The number of nitrogens with zero attached hydrogens (tertiary/aromatic N) is 1. The zero-order valence-corrected chi connectivity index (χ0v) is 51.2. The second-order valence-electron chi connectivity index (χ2n) is 20.1. The predicted octanol–water partition coefficient (Wildman–Crippen LogP) is 16.3. The first kappa shape index (κ1) is 79.6. The monoisotopic (exact) mass is 1100 g/mol. The number of hydrogen-bond donors (Lipinski definition) is 1. The van der Waals surface area contributed by atoms with Crippen LogP contribution in [0.5, 0.6) is 0 Å². The van der Waals surface area contributed by atoms with Gasteiger partial charge in [-0.25, -0.2) is 4.79 Å². The molecule has 0 saturated carbocycles. The molecular weight excluding hydrogens is 983 g/mol. The van der Waals surface area contributed by atoms with Gasteiger partial charge in [0, 0.05) is 38.1 Å². The summed E-state index contributed by atoms with van der Waals surface area (Å²) in [7, 11) is 0. The Kier molecular flexibility index (Phi) is 66.8. The van der Waals surface area contributed by atoms with Gasteiger partial charge in [0.15, 0.2) is 0 Å². The van der Waals surface area contributed by atoms with Gasteiger partial charge in [0.2, 0.25) is 0 Å². The summed E-state index contributed by atoms with van der Waals surface area (Å²) in [6.07, 6.45) is 34.1. The van der Waals surface area contributed by atoms with Crippen molar-refractivity contribution in [2.24, 2.45) is 11.8 Å². The van der Waals surface area contributed by atoms with E-state index in [1.165, 1.54) is 116 Å². The van der Waals surface area contributed by atoms with Crippen LogP contribution in [0.25, 0.3) is 0 Å². The average molecular weight is 1100 g/mol. The fraction of sp³-hybridized carbons (Fsp3) is 0.887. The summed E-state index contributed by atoms with van der Waals surface area (Å²) in [5.41, 5.74) is 0. The first-order chi connectivity index (χ1) is 37.3. The minimum atomic E-state index is -1.03. The number of hydrogen-bond acceptors (Lipinski definition) is 13. The number of unbranched alkanes of at least 4 members (excludes halogenated alkanes) is 22. The molecule has 0 bridgehead atoms. The lowest BCUT2D eigenvalue weighted by atomic mass is 9.97. The van der Waals surface area contributed by atoms with Crippen molar-refractivity contribution in [2.75, 3.05) is 46.2 Å². The summed E-state index contributed by atoms with van der Waals surface area (Å²) in [4.78, 5) is 83.5. The van der Waals surface area contributed by atoms with Crippen molar-refractivity contribution in [1.82, 2.24) is 4.90 Å². The quantitative estimate of drug-likeness (QED) is 0.0261. The molecule has 0 aromatic rings. The second kappa shape index (κ2) is 64.6. The molecule has 0 aromatic carbocycles. The third kappa shape index (κ3) is 59.6. The Morgan fingerprint density at radius 3 is 1.29 bits per heavy atom. The summed E-state index contributed by atoms with van der Waals surface area (Å²) < 4.78 is 31.0. The number of rotatable bonds is 45. The fourth-order valence-corrected chi connectivity index (χ4v) is 7.90. The van der Waals surface area contributed by atoms with Gasteiger partial charge in [0.25, 0.3) is 6.47 Å². The van der Waals surface area contributed by atoms with Crippen LogP contribution in [0.2, 0.25) is 0 Å². The fourth-order valence-electron chi connectivity index (χ4n) is 7.90. The number of ether oxygens (including phenoxy) is 6. The lowest BCUT2D eigenvalue weighted by molar-refractivity contribution is -0.152. The number of likely N-dealkylation sites (tertiary alicyclic amines) is 1. The smallest absolute Gasteiger partial charge is 0.410 e. The van der Waals surface area contributed by atoms with Crippen LogP contribution in [-0.4, -0.2) is 105 Å². The SMILES string of the molecule is CC.CCCC.CCCCCCCCC.CCCCCCCCC(=O)OCC(COC=O)CC(=O)OCC1CCCN1C(=O)OCCC.CCCCCCCCOC(=O)CC(CC(=O)O)CC(=O)OCCCCCCCC. The molecule has 2 atom stereocenters. The highest BCUT2D eigenvalue weighted by atomic mass is 16.6. The number of carboxylic acid groups (broad SMARTS) is 1. The first-order valence-electron chi connectivity index (χ1n) is 31.2. The Balaban J connectivity index is -0.000000549. The molecule has 15 heteroatoms. The zero-order valence-electron chi connectivity index (χ0n) is 51.2. The molecule has 0 radical (unpaired) electrons. The van der Waals surface area contributed by atoms with E-state index in [9.17, 15) is 33.6 Å². The van der Waals surface area contributed by atoms with Gasteiger partial charge in [-0.15, -0.1) is 0 Å². The molecule has 0 spiro atoms. The van der Waals surface area contributed by atoms with Gasteiger partial charge in [0.1, 0.15) is 6.61 Å². The molecule has 1 aliphatic heterocycles. The minimum Gasteiger partial charge on any atom is -0.481 e. The highest BCUT2D eigenvalue weighted by Gasteiger charge is 2.31. The van der Waals surface area contributed by atoms with Crippen LogP contribution < -0.4 is 0 Å². The van der Waals surface area contributed by atoms with Crippen molar-refractivity contribution >= 4 is 42.4 Å². The van der Waals surface area contributed by atoms with Crippen molar-refractivity contribution in [2.45, 2.75) is 300 Å². The summed E-state index contributed by atoms with van der Waals surface area (Å²) in [5, 5.41) is 9.04. The largest absolute Gasteiger partial charge is 0.481 e. The maximum atomic E-state index is 12.3. The highest BCUT2D eigenvalue weighted by molar-refractivity contribution is 5.76. The Hall–Kier alpha value is -3.91. The Morgan fingerprint density at radius 1 is 0.455 bits per heavy atom. The third-order valence-electron chi connectivity index (χ3n) is 12.7. The van der Waals surface area contributed by atoms with Crippen molar-refractivity contribution in [3.63, 3.8) is 0 Å².